The monoisotopic (exact) mass is 370 g/mol. The highest BCUT2D eigenvalue weighted by Gasteiger charge is 2.16. The molecule has 4 aromatic rings. The number of hydrogen-bond donors (Lipinski definition) is 1. The van der Waals surface area contributed by atoms with E-state index in [2.05, 4.69) is 16.5 Å². The van der Waals surface area contributed by atoms with E-state index in [0.717, 1.165) is 34.0 Å². The molecular formula is C22H18N4O2. The summed E-state index contributed by atoms with van der Waals surface area (Å²) in [7, 11) is 1.62. The molecular weight excluding hydrogens is 352 g/mol. The van der Waals surface area contributed by atoms with Gasteiger partial charge < -0.3 is 14.8 Å². The summed E-state index contributed by atoms with van der Waals surface area (Å²) in [6, 6.07) is 19.4. The fraction of sp³-hybridized carbons (Fsp3) is 0.0909. The maximum absolute atomic E-state index is 9.53. The number of ether oxygens (including phenoxy) is 2. The molecule has 6 nitrogen and oxygen atoms in total. The van der Waals surface area contributed by atoms with E-state index < -0.39 is 0 Å². The number of aryl methyl sites for hydroxylation is 1. The summed E-state index contributed by atoms with van der Waals surface area (Å²) < 4.78 is 12.9. The van der Waals surface area contributed by atoms with Crippen molar-refractivity contribution < 1.29 is 9.47 Å². The van der Waals surface area contributed by atoms with E-state index in [-0.39, 0.29) is 0 Å². The van der Waals surface area contributed by atoms with Crippen LogP contribution >= 0.6 is 0 Å². The number of nitrogens with zero attached hydrogens (tertiary/aromatic N) is 3. The van der Waals surface area contributed by atoms with Crippen molar-refractivity contribution in [1.29, 1.82) is 5.26 Å². The van der Waals surface area contributed by atoms with E-state index in [1.165, 1.54) is 0 Å². The largest absolute Gasteiger partial charge is 0.495 e. The number of aromatic nitrogens is 2. The molecule has 1 N–H and O–H groups in total. The van der Waals surface area contributed by atoms with Crippen molar-refractivity contribution >= 4 is 16.9 Å². The van der Waals surface area contributed by atoms with Gasteiger partial charge in [-0.25, -0.2) is 4.52 Å². The van der Waals surface area contributed by atoms with Crippen LogP contribution in [-0.4, -0.2) is 16.7 Å². The van der Waals surface area contributed by atoms with Crippen LogP contribution in [0.2, 0.25) is 0 Å². The van der Waals surface area contributed by atoms with Crippen LogP contribution in [0.15, 0.2) is 67.0 Å². The molecule has 2 aromatic carbocycles. The molecule has 0 atom stereocenters. The number of nitriles is 1. The van der Waals surface area contributed by atoms with Crippen LogP contribution in [0.1, 0.15) is 11.1 Å². The second-order valence-corrected chi connectivity index (χ2v) is 6.23. The van der Waals surface area contributed by atoms with Gasteiger partial charge in [0, 0.05) is 11.3 Å². The third-order valence-electron chi connectivity index (χ3n) is 4.45. The molecule has 0 aliphatic carbocycles. The number of fused-ring (bicyclic) bond motifs is 1. The van der Waals surface area contributed by atoms with Crippen molar-refractivity contribution in [1.82, 2.24) is 9.61 Å². The summed E-state index contributed by atoms with van der Waals surface area (Å²) >= 11 is 0. The Morgan fingerprint density at radius 1 is 1.04 bits per heavy atom. The van der Waals surface area contributed by atoms with Gasteiger partial charge in [-0.1, -0.05) is 18.2 Å². The van der Waals surface area contributed by atoms with E-state index in [4.69, 9.17) is 9.47 Å². The van der Waals surface area contributed by atoms with Gasteiger partial charge in [0.05, 0.1) is 36.3 Å². The molecule has 0 bridgehead atoms. The summed E-state index contributed by atoms with van der Waals surface area (Å²) in [4.78, 5) is 0. The van der Waals surface area contributed by atoms with Gasteiger partial charge in [-0.2, -0.15) is 10.4 Å². The molecule has 2 aromatic heterocycles. The Morgan fingerprint density at radius 3 is 2.43 bits per heavy atom. The topological polar surface area (TPSA) is 71.6 Å². The Kier molecular flexibility index (Phi) is 4.56. The molecule has 0 aliphatic heterocycles. The minimum atomic E-state index is 0.459. The lowest BCUT2D eigenvalue weighted by atomic mass is 10.1. The first-order valence-electron chi connectivity index (χ1n) is 8.74. The molecule has 0 aliphatic rings. The fourth-order valence-corrected chi connectivity index (χ4v) is 3.06. The molecule has 6 heteroatoms. The molecule has 0 unspecified atom stereocenters. The molecule has 0 radical (unpaired) electrons. The maximum atomic E-state index is 9.53. The van der Waals surface area contributed by atoms with Crippen LogP contribution in [0.3, 0.4) is 0 Å². The van der Waals surface area contributed by atoms with E-state index in [1.54, 1.807) is 24.0 Å². The lowest BCUT2D eigenvalue weighted by molar-refractivity contribution is 0.412. The second kappa shape index (κ2) is 7.33. The molecule has 28 heavy (non-hydrogen) atoms. The molecule has 0 amide bonds. The van der Waals surface area contributed by atoms with Crippen molar-refractivity contribution in [2.75, 3.05) is 12.4 Å². The summed E-state index contributed by atoms with van der Waals surface area (Å²) in [5.41, 5.74) is 3.71. The highest BCUT2D eigenvalue weighted by Crippen LogP contribution is 2.33. The zero-order valence-electron chi connectivity index (χ0n) is 15.5. The second-order valence-electron chi connectivity index (χ2n) is 6.23. The number of para-hydroxylation sites is 1. The first-order valence-corrected chi connectivity index (χ1v) is 8.74. The van der Waals surface area contributed by atoms with Gasteiger partial charge in [-0.15, -0.1) is 0 Å². The molecule has 0 saturated heterocycles. The smallest absolute Gasteiger partial charge is 0.142 e. The van der Waals surface area contributed by atoms with Crippen LogP contribution < -0.4 is 14.8 Å². The van der Waals surface area contributed by atoms with E-state index in [1.807, 2.05) is 61.5 Å². The van der Waals surface area contributed by atoms with E-state index in [9.17, 15) is 5.26 Å². The SMILES string of the molecule is COc1cn2ncc(C#N)c(Nc3ccc(Oc4ccccc4)cc3)c2c1C. The van der Waals surface area contributed by atoms with Gasteiger partial charge in [-0.05, 0) is 43.3 Å². The quantitative estimate of drug-likeness (QED) is 0.532. The molecule has 0 saturated carbocycles. The Labute approximate surface area is 162 Å². The Morgan fingerprint density at radius 2 is 1.75 bits per heavy atom. The molecule has 4 rings (SSSR count). The average molecular weight is 370 g/mol. The first kappa shape index (κ1) is 17.4. The minimum absolute atomic E-state index is 0.459. The molecule has 0 spiro atoms. The first-order chi connectivity index (χ1) is 13.7. The summed E-state index contributed by atoms with van der Waals surface area (Å²) in [6.07, 6.45) is 3.34. The summed E-state index contributed by atoms with van der Waals surface area (Å²) in [6.45, 7) is 1.94. The zero-order chi connectivity index (χ0) is 19.5. The minimum Gasteiger partial charge on any atom is -0.495 e. The Hall–Kier alpha value is -3.98. The number of anilines is 2. The highest BCUT2D eigenvalue weighted by atomic mass is 16.5. The predicted molar refractivity (Wildman–Crippen MR) is 107 cm³/mol. The van der Waals surface area contributed by atoms with Crippen LogP contribution in [0.25, 0.3) is 5.52 Å². The van der Waals surface area contributed by atoms with Gasteiger partial charge in [0.2, 0.25) is 0 Å². The highest BCUT2D eigenvalue weighted by molar-refractivity contribution is 5.85. The Bertz CT molecular complexity index is 1160. The van der Waals surface area contributed by atoms with E-state index >= 15 is 0 Å². The number of rotatable bonds is 5. The Balaban J connectivity index is 1.66. The van der Waals surface area contributed by atoms with Crippen molar-refractivity contribution in [3.05, 3.63) is 78.1 Å². The summed E-state index contributed by atoms with van der Waals surface area (Å²) in [5, 5.41) is 17.2. The average Bonchev–Trinajstić information content (AvgIpc) is 3.06. The maximum Gasteiger partial charge on any atom is 0.142 e. The van der Waals surface area contributed by atoms with Crippen LogP contribution in [0.5, 0.6) is 17.2 Å². The van der Waals surface area contributed by atoms with Gasteiger partial charge in [0.25, 0.3) is 0 Å². The van der Waals surface area contributed by atoms with Gasteiger partial charge in [0.15, 0.2) is 0 Å². The van der Waals surface area contributed by atoms with Gasteiger partial charge >= 0.3 is 0 Å². The molecule has 2 heterocycles. The fourth-order valence-electron chi connectivity index (χ4n) is 3.06. The normalized spacial score (nSPS) is 10.5. The predicted octanol–water partition coefficient (Wildman–Crippen LogP) is 5.06. The van der Waals surface area contributed by atoms with Crippen LogP contribution in [0.4, 0.5) is 11.4 Å². The number of nitrogens with one attached hydrogen (secondary N) is 1. The van der Waals surface area contributed by atoms with Crippen molar-refractivity contribution in [3.63, 3.8) is 0 Å². The van der Waals surface area contributed by atoms with Crippen molar-refractivity contribution in [2.45, 2.75) is 6.92 Å². The molecule has 0 fully saturated rings. The van der Waals surface area contributed by atoms with Crippen LogP contribution in [0, 0.1) is 18.3 Å². The lowest BCUT2D eigenvalue weighted by Crippen LogP contribution is -2.00. The van der Waals surface area contributed by atoms with Crippen LogP contribution in [-0.2, 0) is 0 Å². The third-order valence-corrected chi connectivity index (χ3v) is 4.45. The number of benzene rings is 2. The van der Waals surface area contributed by atoms with Crippen molar-refractivity contribution in [2.24, 2.45) is 0 Å². The third kappa shape index (κ3) is 3.21. The number of hydrogen-bond acceptors (Lipinski definition) is 5. The summed E-state index contributed by atoms with van der Waals surface area (Å²) in [5.74, 6) is 2.23. The number of methoxy groups -OCH3 is 1. The zero-order valence-corrected chi connectivity index (χ0v) is 15.5. The van der Waals surface area contributed by atoms with E-state index in [0.29, 0.717) is 11.3 Å². The van der Waals surface area contributed by atoms with Crippen molar-refractivity contribution in [3.8, 4) is 23.3 Å². The van der Waals surface area contributed by atoms with Gasteiger partial charge in [0.1, 0.15) is 23.3 Å². The standard InChI is InChI=1S/C22H18N4O2/c1-15-20(27-2)14-26-22(15)21(16(12-23)13-24-26)25-17-8-10-19(11-9-17)28-18-6-4-3-5-7-18/h3-11,13-14,25H,1-2H3. The lowest BCUT2D eigenvalue weighted by Gasteiger charge is -2.12. The molecule has 138 valence electrons. The van der Waals surface area contributed by atoms with Gasteiger partial charge in [-0.3, -0.25) is 0 Å².